The number of rotatable bonds is 39. The second-order valence-electron chi connectivity index (χ2n) is 16.0. The van der Waals surface area contributed by atoms with Crippen LogP contribution in [0.3, 0.4) is 0 Å². The Hall–Kier alpha value is -1.14. The molecule has 0 atom stereocenters. The van der Waals surface area contributed by atoms with Gasteiger partial charge in [-0.05, 0) is 89.9 Å². The van der Waals surface area contributed by atoms with Crippen LogP contribution in [0.1, 0.15) is 220 Å². The highest BCUT2D eigenvalue weighted by Gasteiger charge is 2.14. The Morgan fingerprint density at radius 1 is 0.490 bits per heavy atom. The molecule has 0 N–H and O–H groups in total. The van der Waals surface area contributed by atoms with E-state index in [4.69, 9.17) is 9.47 Å². The lowest BCUT2D eigenvalue weighted by Crippen LogP contribution is -2.35. The first kappa shape index (κ1) is 47.9. The molecule has 1 rings (SSSR count). The van der Waals surface area contributed by atoms with Gasteiger partial charge in [0, 0.05) is 25.9 Å². The lowest BCUT2D eigenvalue weighted by atomic mass is 9.91. The highest BCUT2D eigenvalue weighted by molar-refractivity contribution is 5.69. The third kappa shape index (κ3) is 32.0. The first-order valence-corrected chi connectivity index (χ1v) is 22.8. The molecule has 0 aromatic heterocycles. The van der Waals surface area contributed by atoms with Gasteiger partial charge in [0.1, 0.15) is 0 Å². The molecule has 0 aromatic carbocycles. The van der Waals surface area contributed by atoms with Gasteiger partial charge in [0.05, 0.1) is 13.2 Å². The first-order chi connectivity index (χ1) is 25.1. The number of carbonyl (C=O) groups excluding carboxylic acids is 2. The third-order valence-corrected chi connectivity index (χ3v) is 11.1. The summed E-state index contributed by atoms with van der Waals surface area (Å²) >= 11 is 0. The normalized spacial score (nSPS) is 13.5. The summed E-state index contributed by atoms with van der Waals surface area (Å²) in [4.78, 5) is 29.7. The van der Waals surface area contributed by atoms with E-state index >= 15 is 0 Å². The molecule has 0 radical (unpaired) electrons. The van der Waals surface area contributed by atoms with Crippen molar-refractivity contribution in [3.8, 4) is 0 Å². The molecule has 1 saturated heterocycles. The van der Waals surface area contributed by atoms with Crippen LogP contribution in [-0.2, 0) is 19.1 Å². The van der Waals surface area contributed by atoms with Gasteiger partial charge < -0.3 is 19.3 Å². The standard InChI is InChI=1S/C45H88N2O4/c1-4-7-10-11-12-19-28-41-50-44(48)33-22-15-13-17-24-35-46(39-40-47-37-26-27-38-47)36-25-18-14-16-23-34-45(49)51-42-29-32-43(30-20-8-5-2)31-21-9-6-3/h43H,4-42H2,1-3H3. The largest absolute Gasteiger partial charge is 0.466 e. The molecule has 0 aromatic rings. The number of nitrogens with zero attached hydrogens (tertiary/aromatic N) is 2. The van der Waals surface area contributed by atoms with Crippen LogP contribution in [0.2, 0.25) is 0 Å². The van der Waals surface area contributed by atoms with Gasteiger partial charge in [-0.1, -0.05) is 149 Å². The van der Waals surface area contributed by atoms with E-state index in [1.54, 1.807) is 0 Å². The van der Waals surface area contributed by atoms with Gasteiger partial charge in [0.15, 0.2) is 0 Å². The van der Waals surface area contributed by atoms with Crippen molar-refractivity contribution in [1.29, 1.82) is 0 Å². The Morgan fingerprint density at radius 3 is 1.43 bits per heavy atom. The van der Waals surface area contributed by atoms with Crippen molar-refractivity contribution < 1.29 is 19.1 Å². The third-order valence-electron chi connectivity index (χ3n) is 11.1. The van der Waals surface area contributed by atoms with E-state index in [1.807, 2.05) is 0 Å². The summed E-state index contributed by atoms with van der Waals surface area (Å²) < 4.78 is 11.1. The molecule has 1 aliphatic rings. The molecule has 302 valence electrons. The summed E-state index contributed by atoms with van der Waals surface area (Å²) in [6, 6.07) is 0. The van der Waals surface area contributed by atoms with Gasteiger partial charge in [-0.3, -0.25) is 9.59 Å². The fourth-order valence-corrected chi connectivity index (χ4v) is 7.64. The van der Waals surface area contributed by atoms with Crippen molar-refractivity contribution >= 4 is 11.9 Å². The lowest BCUT2D eigenvalue weighted by Gasteiger charge is -2.25. The lowest BCUT2D eigenvalue weighted by molar-refractivity contribution is -0.144. The Bertz CT molecular complexity index is 746. The van der Waals surface area contributed by atoms with Gasteiger partial charge >= 0.3 is 11.9 Å². The van der Waals surface area contributed by atoms with Crippen LogP contribution < -0.4 is 0 Å². The van der Waals surface area contributed by atoms with Crippen LogP contribution in [0.4, 0.5) is 0 Å². The molecule has 1 aliphatic heterocycles. The van der Waals surface area contributed by atoms with E-state index in [0.717, 1.165) is 44.4 Å². The minimum Gasteiger partial charge on any atom is -0.466 e. The van der Waals surface area contributed by atoms with Crippen molar-refractivity contribution in [3.05, 3.63) is 0 Å². The minimum absolute atomic E-state index is 0.00103. The maximum absolute atomic E-state index is 12.3. The van der Waals surface area contributed by atoms with Gasteiger partial charge in [0.25, 0.3) is 0 Å². The number of esters is 2. The quantitative estimate of drug-likeness (QED) is 0.0465. The molecular formula is C45H88N2O4. The van der Waals surface area contributed by atoms with E-state index in [2.05, 4.69) is 30.6 Å². The second kappa shape index (κ2) is 37.2. The van der Waals surface area contributed by atoms with Crippen molar-refractivity contribution in [3.63, 3.8) is 0 Å². The summed E-state index contributed by atoms with van der Waals surface area (Å²) in [5.41, 5.74) is 0. The van der Waals surface area contributed by atoms with Crippen LogP contribution in [-0.4, -0.2) is 74.2 Å². The molecule has 6 heteroatoms. The predicted molar refractivity (Wildman–Crippen MR) is 218 cm³/mol. The summed E-state index contributed by atoms with van der Waals surface area (Å²) in [7, 11) is 0. The topological polar surface area (TPSA) is 59.1 Å². The molecule has 0 amide bonds. The van der Waals surface area contributed by atoms with Crippen LogP contribution in [0.25, 0.3) is 0 Å². The van der Waals surface area contributed by atoms with E-state index in [1.165, 1.54) is 187 Å². The SMILES string of the molecule is CCCCCCCCCOC(=O)CCCCCCCN(CCCCCCCC(=O)OCCCC(CCCCC)CCCCC)CCN1CCCC1. The first-order valence-electron chi connectivity index (χ1n) is 22.8. The Kier molecular flexibility index (Phi) is 34.9. The zero-order valence-corrected chi connectivity index (χ0v) is 34.7. The van der Waals surface area contributed by atoms with Gasteiger partial charge in [-0.2, -0.15) is 0 Å². The average molecular weight is 721 g/mol. The van der Waals surface area contributed by atoms with Gasteiger partial charge in [-0.25, -0.2) is 0 Å². The zero-order chi connectivity index (χ0) is 36.9. The predicted octanol–water partition coefficient (Wildman–Crippen LogP) is 12.5. The van der Waals surface area contributed by atoms with E-state index in [0.29, 0.717) is 26.1 Å². The summed E-state index contributed by atoms with van der Waals surface area (Å²) in [5, 5.41) is 0. The fraction of sp³-hybridized carbons (Fsp3) is 0.956. The maximum atomic E-state index is 12.3. The molecule has 0 aliphatic carbocycles. The van der Waals surface area contributed by atoms with Crippen LogP contribution in [0.5, 0.6) is 0 Å². The second-order valence-corrected chi connectivity index (χ2v) is 16.0. The highest BCUT2D eigenvalue weighted by Crippen LogP contribution is 2.22. The molecule has 0 unspecified atom stereocenters. The van der Waals surface area contributed by atoms with E-state index in [9.17, 15) is 9.59 Å². The monoisotopic (exact) mass is 721 g/mol. The van der Waals surface area contributed by atoms with Crippen molar-refractivity contribution in [2.24, 2.45) is 5.92 Å². The minimum atomic E-state index is -0.00103. The number of unbranched alkanes of at least 4 members (excludes halogenated alkanes) is 18. The number of likely N-dealkylation sites (tertiary alicyclic amines) is 1. The van der Waals surface area contributed by atoms with Crippen molar-refractivity contribution in [1.82, 2.24) is 9.80 Å². The number of carbonyl (C=O) groups is 2. The smallest absolute Gasteiger partial charge is 0.305 e. The maximum Gasteiger partial charge on any atom is 0.305 e. The van der Waals surface area contributed by atoms with Gasteiger partial charge in [0.2, 0.25) is 0 Å². The number of ether oxygens (including phenoxy) is 2. The van der Waals surface area contributed by atoms with E-state index in [-0.39, 0.29) is 11.9 Å². The Labute approximate surface area is 318 Å². The molecular weight excluding hydrogens is 633 g/mol. The zero-order valence-electron chi connectivity index (χ0n) is 34.7. The average Bonchev–Trinajstić information content (AvgIpc) is 3.66. The Balaban J connectivity index is 2.10. The molecule has 1 heterocycles. The van der Waals surface area contributed by atoms with Crippen LogP contribution in [0, 0.1) is 5.92 Å². The highest BCUT2D eigenvalue weighted by atomic mass is 16.5. The van der Waals surface area contributed by atoms with Crippen LogP contribution >= 0.6 is 0 Å². The summed E-state index contributed by atoms with van der Waals surface area (Å²) in [6.45, 7) is 15.4. The molecule has 6 nitrogen and oxygen atoms in total. The molecule has 51 heavy (non-hydrogen) atoms. The summed E-state index contributed by atoms with van der Waals surface area (Å²) in [5.74, 6) is 0.824. The van der Waals surface area contributed by atoms with Gasteiger partial charge in [-0.15, -0.1) is 0 Å². The number of hydrogen-bond donors (Lipinski definition) is 0. The van der Waals surface area contributed by atoms with Crippen LogP contribution in [0.15, 0.2) is 0 Å². The molecule has 0 saturated carbocycles. The summed E-state index contributed by atoms with van der Waals surface area (Å²) in [6.07, 6.45) is 37.2. The number of hydrogen-bond acceptors (Lipinski definition) is 6. The molecule has 0 spiro atoms. The van der Waals surface area contributed by atoms with E-state index < -0.39 is 0 Å². The Morgan fingerprint density at radius 2 is 0.902 bits per heavy atom. The molecule has 0 bridgehead atoms. The van der Waals surface area contributed by atoms with Crippen molar-refractivity contribution in [2.45, 2.75) is 220 Å². The fourth-order valence-electron chi connectivity index (χ4n) is 7.64. The molecule has 1 fully saturated rings. The van der Waals surface area contributed by atoms with Crippen molar-refractivity contribution in [2.75, 3.05) is 52.5 Å².